The first kappa shape index (κ1) is 33.4. The number of halogens is 2. The van der Waals surface area contributed by atoms with Gasteiger partial charge in [-0.25, -0.2) is 4.98 Å². The molecule has 6 aromatic rings. The molecule has 0 atom stereocenters. The molecule has 6 rings (SSSR count). The van der Waals surface area contributed by atoms with Crippen molar-refractivity contribution < 1.29 is 9.47 Å². The number of rotatable bonds is 9. The van der Waals surface area contributed by atoms with Gasteiger partial charge in [-0.3, -0.25) is 4.79 Å². The Morgan fingerprint density at radius 2 is 1.69 bits per heavy atom. The van der Waals surface area contributed by atoms with Crippen molar-refractivity contribution >= 4 is 49.0 Å². The Labute approximate surface area is 297 Å². The van der Waals surface area contributed by atoms with Crippen LogP contribution in [0.15, 0.2) is 104 Å². The van der Waals surface area contributed by atoms with E-state index in [9.17, 15) is 4.79 Å². The zero-order chi connectivity index (χ0) is 34.1. The predicted octanol–water partition coefficient (Wildman–Crippen LogP) is 9.90. The number of aryl methyl sites for hydroxylation is 2. The van der Waals surface area contributed by atoms with E-state index in [1.54, 1.807) is 19.4 Å². The van der Waals surface area contributed by atoms with Crippen LogP contribution in [-0.4, -0.2) is 27.6 Å². The Kier molecular flexibility index (Phi) is 9.71. The number of benzene rings is 4. The molecule has 0 N–H and O–H groups in total. The summed E-state index contributed by atoms with van der Waals surface area (Å²) in [4.78, 5) is 18.9. The quantitative estimate of drug-likeness (QED) is 0.137. The monoisotopic (exact) mass is 766 g/mol. The maximum absolute atomic E-state index is 13.9. The van der Waals surface area contributed by atoms with E-state index in [4.69, 9.17) is 19.6 Å². The summed E-state index contributed by atoms with van der Waals surface area (Å²) < 4.78 is 17.3. The van der Waals surface area contributed by atoms with Gasteiger partial charge in [0.1, 0.15) is 18.1 Å². The van der Waals surface area contributed by atoms with Gasteiger partial charge in [0.2, 0.25) is 0 Å². The van der Waals surface area contributed by atoms with E-state index in [1.165, 1.54) is 4.68 Å². The van der Waals surface area contributed by atoms with Gasteiger partial charge in [-0.2, -0.15) is 9.78 Å². The van der Waals surface area contributed by atoms with Crippen molar-refractivity contribution in [2.45, 2.75) is 47.1 Å². The number of ether oxygens (including phenoxy) is 2. The van der Waals surface area contributed by atoms with Crippen molar-refractivity contribution in [1.82, 2.24) is 14.2 Å². The fourth-order valence-corrected chi connectivity index (χ4v) is 7.06. The fourth-order valence-electron chi connectivity index (χ4n) is 5.90. The van der Waals surface area contributed by atoms with Gasteiger partial charge in [-0.1, -0.05) is 63.9 Å². The molecule has 0 aliphatic heterocycles. The summed E-state index contributed by atoms with van der Waals surface area (Å²) in [6.45, 7) is 10.8. The lowest BCUT2D eigenvalue weighted by Gasteiger charge is -2.17. The maximum atomic E-state index is 13.9. The molecule has 0 aliphatic carbocycles. The van der Waals surface area contributed by atoms with Gasteiger partial charge in [-0.15, -0.1) is 0 Å². The number of fused-ring (bicyclic) bond motifs is 1. The summed E-state index contributed by atoms with van der Waals surface area (Å²) in [6.07, 6.45) is 1.75. The molecule has 0 radical (unpaired) electrons. The van der Waals surface area contributed by atoms with Crippen molar-refractivity contribution in [1.29, 1.82) is 0 Å². The summed E-state index contributed by atoms with van der Waals surface area (Å²) in [5, 5.41) is 5.30. The Hall–Kier alpha value is -4.47. The van der Waals surface area contributed by atoms with Crippen LogP contribution in [0.25, 0.3) is 28.0 Å². The zero-order valence-corrected chi connectivity index (χ0v) is 30.9. The van der Waals surface area contributed by atoms with Crippen LogP contribution in [0.4, 0.5) is 0 Å². The Morgan fingerprint density at radius 1 is 0.938 bits per heavy atom. The summed E-state index contributed by atoms with van der Waals surface area (Å²) in [6, 6.07) is 27.6. The van der Waals surface area contributed by atoms with Crippen molar-refractivity contribution in [3.63, 3.8) is 0 Å². The first-order valence-corrected chi connectivity index (χ1v) is 17.3. The third kappa shape index (κ3) is 6.62. The molecular formula is C39H36Br2N4O3. The summed E-state index contributed by atoms with van der Waals surface area (Å²) in [5.74, 6) is 2.29. The number of nitrogens with zero attached hydrogens (tertiary/aromatic N) is 4. The van der Waals surface area contributed by atoms with E-state index >= 15 is 0 Å². The molecule has 244 valence electrons. The second-order valence-electron chi connectivity index (χ2n) is 12.1. The molecule has 0 fully saturated rings. The molecular weight excluding hydrogens is 732 g/mol. The van der Waals surface area contributed by atoms with E-state index in [0.29, 0.717) is 23.3 Å². The van der Waals surface area contributed by atoms with E-state index in [1.807, 2.05) is 73.7 Å². The molecule has 0 saturated carbocycles. The van der Waals surface area contributed by atoms with Crippen LogP contribution in [0.2, 0.25) is 0 Å². The first-order chi connectivity index (χ1) is 23.0. The second kappa shape index (κ2) is 13.9. The fraction of sp³-hybridized carbons (Fsp3) is 0.205. The lowest BCUT2D eigenvalue weighted by molar-refractivity contribution is 0.305. The predicted molar refractivity (Wildman–Crippen MR) is 201 cm³/mol. The molecule has 0 amide bonds. The highest BCUT2D eigenvalue weighted by molar-refractivity contribution is 9.11. The first-order valence-electron chi connectivity index (χ1n) is 15.7. The van der Waals surface area contributed by atoms with Crippen molar-refractivity contribution in [3.8, 4) is 28.6 Å². The lowest BCUT2D eigenvalue weighted by atomic mass is 9.96. The summed E-state index contributed by atoms with van der Waals surface area (Å²) in [7, 11) is 1.68. The summed E-state index contributed by atoms with van der Waals surface area (Å²) >= 11 is 7.10. The molecule has 0 spiro atoms. The highest BCUT2D eigenvalue weighted by Crippen LogP contribution is 2.34. The number of para-hydroxylation sites is 1. The van der Waals surface area contributed by atoms with E-state index in [0.717, 1.165) is 65.3 Å². The second-order valence-corrected chi connectivity index (χ2v) is 13.8. The average Bonchev–Trinajstić information content (AvgIpc) is 3.35. The van der Waals surface area contributed by atoms with Crippen LogP contribution in [0.1, 0.15) is 53.4 Å². The maximum Gasteiger partial charge on any atom is 0.282 e. The molecule has 0 unspecified atom stereocenters. The van der Waals surface area contributed by atoms with Gasteiger partial charge in [-0.05, 0) is 105 Å². The van der Waals surface area contributed by atoms with E-state index < -0.39 is 0 Å². The van der Waals surface area contributed by atoms with Gasteiger partial charge in [0, 0.05) is 42.7 Å². The molecule has 48 heavy (non-hydrogen) atoms. The Balaban J connectivity index is 1.35. The molecule has 2 aromatic heterocycles. The minimum atomic E-state index is -0.229. The van der Waals surface area contributed by atoms with Crippen LogP contribution in [0.3, 0.4) is 0 Å². The number of aromatic nitrogens is 3. The Morgan fingerprint density at radius 3 is 2.40 bits per heavy atom. The minimum absolute atomic E-state index is 0.211. The molecule has 4 aromatic carbocycles. The van der Waals surface area contributed by atoms with Crippen molar-refractivity contribution in [2.24, 2.45) is 5.10 Å². The Bertz CT molecular complexity index is 2230. The van der Waals surface area contributed by atoms with Gasteiger partial charge in [0.05, 0.1) is 24.2 Å². The van der Waals surface area contributed by atoms with Gasteiger partial charge in [0.15, 0.2) is 5.82 Å². The summed E-state index contributed by atoms with van der Waals surface area (Å²) in [5.41, 5.74) is 8.21. The highest BCUT2D eigenvalue weighted by atomic mass is 79.9. The largest absolute Gasteiger partial charge is 0.496 e. The normalized spacial score (nSPS) is 11.6. The van der Waals surface area contributed by atoms with Crippen LogP contribution >= 0.6 is 31.9 Å². The van der Waals surface area contributed by atoms with Crippen LogP contribution < -0.4 is 15.0 Å². The third-order valence-electron chi connectivity index (χ3n) is 8.48. The van der Waals surface area contributed by atoms with Gasteiger partial charge >= 0.3 is 0 Å². The smallest absolute Gasteiger partial charge is 0.282 e. The van der Waals surface area contributed by atoms with Crippen LogP contribution in [-0.2, 0) is 6.61 Å². The number of methoxy groups -OCH3 is 1. The van der Waals surface area contributed by atoms with E-state index in [2.05, 4.69) is 76.3 Å². The van der Waals surface area contributed by atoms with Crippen molar-refractivity contribution in [2.75, 3.05) is 7.11 Å². The minimum Gasteiger partial charge on any atom is -0.496 e. The SMILES string of the molecule is COc1cc(C)c(-c2nc3ccccc3c(=O)n2N=Cc2cc(C)n(-c3ccc(OCc4ccc(Br)cc4Br)cc3)c2C)cc1C(C)C. The number of hydrogen-bond donors (Lipinski definition) is 0. The molecule has 2 heterocycles. The lowest BCUT2D eigenvalue weighted by Crippen LogP contribution is -2.21. The average molecular weight is 769 g/mol. The zero-order valence-electron chi connectivity index (χ0n) is 27.7. The van der Waals surface area contributed by atoms with Crippen LogP contribution in [0, 0.1) is 20.8 Å². The van der Waals surface area contributed by atoms with E-state index in [-0.39, 0.29) is 11.5 Å². The van der Waals surface area contributed by atoms with Crippen molar-refractivity contribution in [3.05, 3.63) is 138 Å². The molecule has 7 nitrogen and oxygen atoms in total. The third-order valence-corrected chi connectivity index (χ3v) is 9.71. The van der Waals surface area contributed by atoms with Crippen LogP contribution in [0.5, 0.6) is 11.5 Å². The highest BCUT2D eigenvalue weighted by Gasteiger charge is 2.19. The molecule has 0 bridgehead atoms. The number of hydrogen-bond acceptors (Lipinski definition) is 5. The van der Waals surface area contributed by atoms with Gasteiger partial charge < -0.3 is 14.0 Å². The molecule has 0 aliphatic rings. The van der Waals surface area contributed by atoms with Gasteiger partial charge in [0.25, 0.3) is 5.56 Å². The topological polar surface area (TPSA) is 70.6 Å². The molecule has 9 heteroatoms. The standard InChI is InChI=1S/C39H36Br2N4O3/c1-23(2)33-20-34(24(3)17-37(33)47-6)38-43-36-10-8-7-9-32(36)39(46)45(38)42-21-28-18-25(4)44(26(28)5)30-13-15-31(16-14-30)48-22-27-11-12-29(40)19-35(27)41/h7-21,23H,22H2,1-6H3. The molecule has 0 saturated heterocycles.